The Morgan fingerprint density at radius 3 is 2.78 bits per heavy atom. The maximum atomic E-state index is 13.1. The molecule has 3 N–H and O–H groups in total. The summed E-state index contributed by atoms with van der Waals surface area (Å²) in [7, 11) is 0. The van der Waals surface area contributed by atoms with Gasteiger partial charge in [0.05, 0.1) is 11.4 Å². The van der Waals surface area contributed by atoms with Crippen molar-refractivity contribution in [2.75, 3.05) is 13.1 Å². The van der Waals surface area contributed by atoms with Crippen LogP contribution in [0, 0.1) is 5.82 Å². The van der Waals surface area contributed by atoms with Crippen LogP contribution < -0.4 is 5.73 Å². The maximum absolute atomic E-state index is 13.1. The zero-order chi connectivity index (χ0) is 16.4. The Bertz CT molecular complexity index is 700. The van der Waals surface area contributed by atoms with E-state index in [9.17, 15) is 14.3 Å². The van der Waals surface area contributed by atoms with Gasteiger partial charge in [0.1, 0.15) is 5.82 Å². The van der Waals surface area contributed by atoms with E-state index in [2.05, 4.69) is 5.10 Å². The summed E-state index contributed by atoms with van der Waals surface area (Å²) in [4.78, 5) is 13.4. The first-order chi connectivity index (χ1) is 11.0. The van der Waals surface area contributed by atoms with Crippen molar-refractivity contribution >= 4 is 5.91 Å². The number of piperidine rings is 1. The molecule has 0 unspecified atom stereocenters. The Kier molecular flexibility index (Phi) is 4.14. The fourth-order valence-electron chi connectivity index (χ4n) is 2.95. The first kappa shape index (κ1) is 15.6. The first-order valence-corrected chi connectivity index (χ1v) is 7.51. The number of hydrogen-bond acceptors (Lipinski definition) is 4. The lowest BCUT2D eigenvalue weighted by Gasteiger charge is -2.36. The quantitative estimate of drug-likeness (QED) is 0.874. The van der Waals surface area contributed by atoms with Gasteiger partial charge in [-0.2, -0.15) is 5.10 Å². The van der Waals surface area contributed by atoms with Crippen LogP contribution in [0.4, 0.5) is 4.39 Å². The van der Waals surface area contributed by atoms with Crippen LogP contribution in [0.2, 0.25) is 0 Å². The Labute approximate surface area is 133 Å². The molecule has 1 atom stereocenters. The molecule has 1 saturated heterocycles. The molecule has 1 aromatic carbocycles. The van der Waals surface area contributed by atoms with Crippen LogP contribution in [0.15, 0.2) is 36.5 Å². The molecule has 1 fully saturated rings. The number of rotatable bonds is 4. The molecular weight excluding hydrogens is 299 g/mol. The molecule has 122 valence electrons. The summed E-state index contributed by atoms with van der Waals surface area (Å²) in [5.74, 6) is -0.987. The van der Waals surface area contributed by atoms with E-state index in [0.29, 0.717) is 19.4 Å². The number of β-amino-alcohol motifs (C(OH)–C–C–N with tert-alkyl or cyclic N) is 1. The van der Waals surface area contributed by atoms with E-state index in [0.717, 1.165) is 17.9 Å². The Morgan fingerprint density at radius 1 is 1.35 bits per heavy atom. The number of amides is 1. The minimum Gasteiger partial charge on any atom is -0.379 e. The lowest BCUT2D eigenvalue weighted by atomic mass is 9.92. The second-order valence-electron chi connectivity index (χ2n) is 5.92. The Morgan fingerprint density at radius 2 is 2.09 bits per heavy atom. The van der Waals surface area contributed by atoms with E-state index >= 15 is 0 Å². The van der Waals surface area contributed by atoms with Crippen molar-refractivity contribution in [3.63, 3.8) is 0 Å². The van der Waals surface area contributed by atoms with Crippen molar-refractivity contribution in [1.82, 2.24) is 14.7 Å². The number of aliphatic hydroxyl groups is 1. The molecule has 23 heavy (non-hydrogen) atoms. The van der Waals surface area contributed by atoms with Crippen LogP contribution in [0.1, 0.15) is 18.5 Å². The van der Waals surface area contributed by atoms with E-state index in [1.165, 1.54) is 12.1 Å². The van der Waals surface area contributed by atoms with Crippen LogP contribution in [0.25, 0.3) is 5.69 Å². The second-order valence-corrected chi connectivity index (χ2v) is 5.92. The highest BCUT2D eigenvalue weighted by Crippen LogP contribution is 2.23. The van der Waals surface area contributed by atoms with Crippen LogP contribution >= 0.6 is 0 Å². The molecule has 6 nitrogen and oxygen atoms in total. The zero-order valence-corrected chi connectivity index (χ0v) is 12.7. The monoisotopic (exact) mass is 318 g/mol. The molecule has 2 aromatic rings. The predicted molar refractivity (Wildman–Crippen MR) is 82.2 cm³/mol. The van der Waals surface area contributed by atoms with Gasteiger partial charge in [0.2, 0.25) is 0 Å². The van der Waals surface area contributed by atoms with E-state index < -0.39 is 11.5 Å². The fraction of sp³-hybridized carbons (Fsp3) is 0.375. The predicted octanol–water partition coefficient (Wildman–Crippen LogP) is 0.824. The second kappa shape index (κ2) is 6.10. The minimum absolute atomic E-state index is 0.205. The third kappa shape index (κ3) is 3.25. The summed E-state index contributed by atoms with van der Waals surface area (Å²) in [5.41, 5.74) is 5.48. The van der Waals surface area contributed by atoms with Crippen LogP contribution in [-0.4, -0.2) is 44.4 Å². The summed E-state index contributed by atoms with van der Waals surface area (Å²) in [6.07, 6.45) is 2.75. The van der Waals surface area contributed by atoms with Gasteiger partial charge in [-0.3, -0.25) is 9.69 Å². The SMILES string of the molecule is NC(=O)[C@@]1(O)CCCN(Cc2ccnn2-c2ccc(F)cc2)C1. The smallest absolute Gasteiger partial charge is 0.250 e. The molecule has 1 aromatic heterocycles. The van der Waals surface area contributed by atoms with E-state index in [1.54, 1.807) is 23.0 Å². The average molecular weight is 318 g/mol. The number of nitrogens with two attached hydrogens (primary N) is 1. The molecule has 0 saturated carbocycles. The number of carbonyl (C=O) groups excluding carboxylic acids is 1. The molecule has 3 rings (SSSR count). The molecule has 1 amide bonds. The number of carbonyl (C=O) groups is 1. The molecule has 0 spiro atoms. The number of benzene rings is 1. The Hall–Kier alpha value is -2.25. The number of likely N-dealkylation sites (tertiary alicyclic amines) is 1. The summed E-state index contributed by atoms with van der Waals surface area (Å²) < 4.78 is 14.8. The van der Waals surface area contributed by atoms with Crippen molar-refractivity contribution in [3.05, 3.63) is 48.0 Å². The number of halogens is 1. The van der Waals surface area contributed by atoms with Crippen molar-refractivity contribution in [2.24, 2.45) is 5.73 Å². The van der Waals surface area contributed by atoms with Crippen LogP contribution in [-0.2, 0) is 11.3 Å². The van der Waals surface area contributed by atoms with Gasteiger partial charge in [-0.15, -0.1) is 0 Å². The van der Waals surface area contributed by atoms with Gasteiger partial charge in [-0.05, 0) is 49.7 Å². The molecule has 0 bridgehead atoms. The van der Waals surface area contributed by atoms with Gasteiger partial charge in [0, 0.05) is 19.3 Å². The molecule has 0 aliphatic carbocycles. The van der Waals surface area contributed by atoms with Crippen molar-refractivity contribution in [2.45, 2.75) is 25.0 Å². The van der Waals surface area contributed by atoms with Gasteiger partial charge in [0.25, 0.3) is 5.91 Å². The lowest BCUT2D eigenvalue weighted by Crippen LogP contribution is -2.55. The summed E-state index contributed by atoms with van der Waals surface area (Å²) in [5, 5.41) is 14.6. The Balaban J connectivity index is 1.78. The molecule has 7 heteroatoms. The highest BCUT2D eigenvalue weighted by atomic mass is 19.1. The fourth-order valence-corrected chi connectivity index (χ4v) is 2.95. The number of aromatic nitrogens is 2. The van der Waals surface area contributed by atoms with E-state index in [-0.39, 0.29) is 12.4 Å². The van der Waals surface area contributed by atoms with Gasteiger partial charge in [-0.1, -0.05) is 0 Å². The molecule has 1 aliphatic heterocycles. The highest BCUT2D eigenvalue weighted by molar-refractivity contribution is 5.83. The maximum Gasteiger partial charge on any atom is 0.250 e. The van der Waals surface area contributed by atoms with Gasteiger partial charge in [-0.25, -0.2) is 9.07 Å². The lowest BCUT2D eigenvalue weighted by molar-refractivity contribution is -0.142. The summed E-state index contributed by atoms with van der Waals surface area (Å²) in [6.45, 7) is 1.49. The largest absolute Gasteiger partial charge is 0.379 e. The molecule has 1 aliphatic rings. The van der Waals surface area contributed by atoms with Crippen LogP contribution in [0.5, 0.6) is 0 Å². The normalized spacial score (nSPS) is 22.2. The summed E-state index contributed by atoms with van der Waals surface area (Å²) >= 11 is 0. The zero-order valence-electron chi connectivity index (χ0n) is 12.7. The number of nitrogens with zero attached hydrogens (tertiary/aromatic N) is 3. The third-order valence-corrected chi connectivity index (χ3v) is 4.19. The van der Waals surface area contributed by atoms with Crippen molar-refractivity contribution in [1.29, 1.82) is 0 Å². The minimum atomic E-state index is -1.47. The van der Waals surface area contributed by atoms with Gasteiger partial charge < -0.3 is 10.8 Å². The van der Waals surface area contributed by atoms with Crippen molar-refractivity contribution in [3.8, 4) is 5.69 Å². The third-order valence-electron chi connectivity index (χ3n) is 4.19. The number of hydrogen-bond donors (Lipinski definition) is 2. The molecular formula is C16H19FN4O2. The summed E-state index contributed by atoms with van der Waals surface area (Å²) in [6, 6.07) is 7.94. The highest BCUT2D eigenvalue weighted by Gasteiger charge is 2.38. The number of primary amides is 1. The average Bonchev–Trinajstić information content (AvgIpc) is 2.96. The topological polar surface area (TPSA) is 84.4 Å². The van der Waals surface area contributed by atoms with Gasteiger partial charge in [0.15, 0.2) is 5.60 Å². The first-order valence-electron chi connectivity index (χ1n) is 7.51. The van der Waals surface area contributed by atoms with Gasteiger partial charge >= 0.3 is 0 Å². The standard InChI is InChI=1S/C16H19FN4O2/c17-12-2-4-13(5-3-12)21-14(6-8-19-21)10-20-9-1-7-16(23,11-20)15(18)22/h2-6,8,23H,1,7,9-11H2,(H2,18,22)/t16-/m1/s1. The van der Waals surface area contributed by atoms with E-state index in [4.69, 9.17) is 5.73 Å². The molecule has 2 heterocycles. The van der Waals surface area contributed by atoms with Crippen molar-refractivity contribution < 1.29 is 14.3 Å². The van der Waals surface area contributed by atoms with Crippen LogP contribution in [0.3, 0.4) is 0 Å². The van der Waals surface area contributed by atoms with E-state index in [1.807, 2.05) is 11.0 Å². The molecule has 0 radical (unpaired) electrons.